The summed E-state index contributed by atoms with van der Waals surface area (Å²) < 4.78 is 7.62. The van der Waals surface area contributed by atoms with Gasteiger partial charge in [-0.2, -0.15) is 5.10 Å². The van der Waals surface area contributed by atoms with Crippen LogP contribution in [0.4, 0.5) is 0 Å². The Morgan fingerprint density at radius 3 is 2.96 bits per heavy atom. The van der Waals surface area contributed by atoms with Gasteiger partial charge < -0.3 is 9.53 Å². The second-order valence-electron chi connectivity index (χ2n) is 6.24. The van der Waals surface area contributed by atoms with Crippen LogP contribution >= 0.6 is 0 Å². The Labute approximate surface area is 133 Å². The highest BCUT2D eigenvalue weighted by molar-refractivity contribution is 5.94. The van der Waals surface area contributed by atoms with Crippen LogP contribution in [0.5, 0.6) is 5.75 Å². The van der Waals surface area contributed by atoms with Crippen LogP contribution in [0.1, 0.15) is 44.1 Å². The number of H-pyrrole nitrogens is 1. The molecule has 0 aliphatic heterocycles. The summed E-state index contributed by atoms with van der Waals surface area (Å²) in [6, 6.07) is 2.14. The van der Waals surface area contributed by atoms with Gasteiger partial charge in [0.15, 0.2) is 5.65 Å². The lowest BCUT2D eigenvalue weighted by molar-refractivity contribution is -0.111. The number of carbonyl (C=O) groups is 1. The Balaban J connectivity index is 1.83. The van der Waals surface area contributed by atoms with Crippen LogP contribution in [0.2, 0.25) is 0 Å². The molecule has 4 rings (SSSR count). The van der Waals surface area contributed by atoms with Crippen LogP contribution in [0.25, 0.3) is 16.6 Å². The number of pyridine rings is 1. The fraction of sp³-hybridized carbons (Fsp3) is 0.471. The van der Waals surface area contributed by atoms with Gasteiger partial charge in [0.25, 0.3) is 0 Å². The molecule has 0 unspecified atom stereocenters. The van der Waals surface area contributed by atoms with Crippen molar-refractivity contribution in [3.8, 4) is 5.75 Å². The molecule has 3 aromatic heterocycles. The summed E-state index contributed by atoms with van der Waals surface area (Å²) >= 11 is 0. The molecule has 1 fully saturated rings. The van der Waals surface area contributed by atoms with Gasteiger partial charge in [0.2, 0.25) is 0 Å². The van der Waals surface area contributed by atoms with E-state index in [1.54, 1.807) is 0 Å². The van der Waals surface area contributed by atoms with Gasteiger partial charge in [0, 0.05) is 5.92 Å². The third-order valence-corrected chi connectivity index (χ3v) is 4.85. The van der Waals surface area contributed by atoms with Crippen LogP contribution in [-0.2, 0) is 4.79 Å². The molecule has 1 saturated carbocycles. The zero-order valence-corrected chi connectivity index (χ0v) is 13.2. The lowest BCUT2D eigenvalue weighted by Gasteiger charge is -2.26. The molecule has 0 bridgehead atoms. The van der Waals surface area contributed by atoms with Crippen molar-refractivity contribution in [2.45, 2.75) is 38.5 Å². The fourth-order valence-corrected chi connectivity index (χ4v) is 3.69. The average Bonchev–Trinajstić information content (AvgIpc) is 3.15. The van der Waals surface area contributed by atoms with E-state index in [0.717, 1.165) is 54.3 Å². The van der Waals surface area contributed by atoms with Crippen molar-refractivity contribution in [1.29, 1.82) is 0 Å². The van der Waals surface area contributed by atoms with E-state index < -0.39 is 0 Å². The largest absolute Gasteiger partial charge is 0.492 e. The van der Waals surface area contributed by atoms with Crippen molar-refractivity contribution in [2.24, 2.45) is 5.92 Å². The maximum atomic E-state index is 11.0. The van der Waals surface area contributed by atoms with E-state index in [-0.39, 0.29) is 5.92 Å². The van der Waals surface area contributed by atoms with Gasteiger partial charge in [-0.25, -0.2) is 4.52 Å². The van der Waals surface area contributed by atoms with Gasteiger partial charge in [-0.05, 0) is 50.2 Å². The third kappa shape index (κ3) is 2.38. The molecule has 0 amide bonds. The first kappa shape index (κ1) is 14.2. The van der Waals surface area contributed by atoms with E-state index in [1.807, 2.05) is 23.8 Å². The predicted molar refractivity (Wildman–Crippen MR) is 86.8 cm³/mol. The van der Waals surface area contributed by atoms with Crippen LogP contribution in [0, 0.1) is 5.92 Å². The number of ether oxygens (including phenoxy) is 1. The molecule has 0 spiro atoms. The highest BCUT2D eigenvalue weighted by Crippen LogP contribution is 2.39. The minimum Gasteiger partial charge on any atom is -0.492 e. The van der Waals surface area contributed by atoms with E-state index in [4.69, 9.17) is 4.74 Å². The molecular weight excluding hydrogens is 292 g/mol. The number of hydrogen-bond donors (Lipinski definition) is 1. The monoisotopic (exact) mass is 312 g/mol. The average molecular weight is 312 g/mol. The number of fused-ring (bicyclic) bond motifs is 3. The first-order valence-corrected chi connectivity index (χ1v) is 8.23. The Kier molecular flexibility index (Phi) is 3.52. The second-order valence-corrected chi connectivity index (χ2v) is 6.24. The highest BCUT2D eigenvalue weighted by atomic mass is 16.5. The van der Waals surface area contributed by atoms with Gasteiger partial charge in [-0.15, -0.1) is 5.10 Å². The van der Waals surface area contributed by atoms with Gasteiger partial charge in [-0.3, -0.25) is 5.10 Å². The Bertz CT molecular complexity index is 843. The first-order chi connectivity index (χ1) is 11.3. The van der Waals surface area contributed by atoms with E-state index >= 15 is 0 Å². The lowest BCUT2D eigenvalue weighted by Crippen LogP contribution is -2.15. The third-order valence-electron chi connectivity index (χ3n) is 4.85. The summed E-state index contributed by atoms with van der Waals surface area (Å²) in [5.41, 5.74) is 3.15. The molecule has 3 heterocycles. The minimum absolute atomic E-state index is 0.219. The Morgan fingerprint density at radius 2 is 2.22 bits per heavy atom. The standard InChI is InChI=1S/C17H20N4O2/c1-2-23-13-7-14(12-5-3-11(10-22)4-6-12)16-15-8-18-19-17(15)20-21(16)9-13/h7-12H,2-6H2,1H3,(H,19,20). The zero-order chi connectivity index (χ0) is 15.8. The quantitative estimate of drug-likeness (QED) is 0.751. The number of nitrogens with zero attached hydrogens (tertiary/aromatic N) is 3. The summed E-state index contributed by atoms with van der Waals surface area (Å²) in [5.74, 6) is 1.49. The number of aromatic amines is 1. The first-order valence-electron chi connectivity index (χ1n) is 8.23. The number of hydrogen-bond acceptors (Lipinski definition) is 4. The maximum absolute atomic E-state index is 11.0. The number of rotatable bonds is 4. The van der Waals surface area contributed by atoms with Crippen LogP contribution in [0.15, 0.2) is 18.5 Å². The molecule has 0 radical (unpaired) electrons. The minimum atomic E-state index is 0.219. The summed E-state index contributed by atoms with van der Waals surface area (Å²) in [7, 11) is 0. The van der Waals surface area contributed by atoms with Crippen molar-refractivity contribution in [3.63, 3.8) is 0 Å². The normalized spacial score (nSPS) is 21.8. The fourth-order valence-electron chi connectivity index (χ4n) is 3.69. The lowest BCUT2D eigenvalue weighted by atomic mass is 9.79. The molecule has 1 N–H and O–H groups in total. The van der Waals surface area contributed by atoms with Crippen molar-refractivity contribution >= 4 is 22.8 Å². The summed E-state index contributed by atoms with van der Waals surface area (Å²) in [6.07, 6.45) is 8.84. The molecule has 3 aromatic rings. The molecule has 1 aliphatic carbocycles. The van der Waals surface area contributed by atoms with E-state index in [2.05, 4.69) is 21.4 Å². The molecular formula is C17H20N4O2. The van der Waals surface area contributed by atoms with E-state index in [1.165, 1.54) is 5.56 Å². The summed E-state index contributed by atoms with van der Waals surface area (Å²) in [4.78, 5) is 11.0. The van der Waals surface area contributed by atoms with Crippen LogP contribution < -0.4 is 4.74 Å². The molecule has 1 aliphatic rings. The Morgan fingerprint density at radius 1 is 1.39 bits per heavy atom. The van der Waals surface area contributed by atoms with Crippen molar-refractivity contribution < 1.29 is 9.53 Å². The van der Waals surface area contributed by atoms with E-state index in [9.17, 15) is 4.79 Å². The van der Waals surface area contributed by atoms with Crippen molar-refractivity contribution in [3.05, 3.63) is 24.0 Å². The van der Waals surface area contributed by atoms with Gasteiger partial charge >= 0.3 is 0 Å². The number of carbonyl (C=O) groups excluding carboxylic acids is 1. The van der Waals surface area contributed by atoms with Gasteiger partial charge in [-0.1, -0.05) is 0 Å². The molecule has 6 nitrogen and oxygen atoms in total. The maximum Gasteiger partial charge on any atom is 0.178 e. The highest BCUT2D eigenvalue weighted by Gasteiger charge is 2.25. The Hall–Kier alpha value is -2.37. The second kappa shape index (κ2) is 5.68. The molecule has 0 saturated heterocycles. The van der Waals surface area contributed by atoms with Crippen molar-refractivity contribution in [1.82, 2.24) is 19.8 Å². The summed E-state index contributed by atoms with van der Waals surface area (Å²) in [6.45, 7) is 2.61. The predicted octanol–water partition coefficient (Wildman–Crippen LogP) is 3.08. The topological polar surface area (TPSA) is 72.3 Å². The van der Waals surface area contributed by atoms with Gasteiger partial charge in [0.05, 0.1) is 29.9 Å². The number of nitrogens with one attached hydrogen (secondary N) is 1. The number of aromatic nitrogens is 4. The number of aldehydes is 1. The van der Waals surface area contributed by atoms with Crippen molar-refractivity contribution in [2.75, 3.05) is 6.61 Å². The SMILES string of the molecule is CCOc1cc(C2CCC(C=O)CC2)c2c3cn[nH]c3nn2c1. The van der Waals surface area contributed by atoms with E-state index in [0.29, 0.717) is 12.5 Å². The smallest absolute Gasteiger partial charge is 0.178 e. The summed E-state index contributed by atoms with van der Waals surface area (Å²) in [5, 5.41) is 12.7. The zero-order valence-electron chi connectivity index (χ0n) is 13.2. The van der Waals surface area contributed by atoms with Crippen LogP contribution in [0.3, 0.4) is 0 Å². The van der Waals surface area contributed by atoms with Crippen LogP contribution in [-0.4, -0.2) is 32.7 Å². The van der Waals surface area contributed by atoms with Gasteiger partial charge in [0.1, 0.15) is 12.0 Å². The molecule has 23 heavy (non-hydrogen) atoms. The molecule has 6 heteroatoms. The molecule has 120 valence electrons. The molecule has 0 atom stereocenters. The molecule has 0 aromatic carbocycles.